The molecule has 3 nitrogen and oxygen atoms in total. The summed E-state index contributed by atoms with van der Waals surface area (Å²) in [5.41, 5.74) is 0.0718. The second kappa shape index (κ2) is 4.06. The second-order valence-electron chi connectivity index (χ2n) is 1.97. The Bertz CT molecular complexity index is 149. The highest BCUT2D eigenvalue weighted by Gasteiger charge is 2.13. The number of allylic oxidation sites excluding steroid dienone is 1. The van der Waals surface area contributed by atoms with Crippen LogP contribution in [0.3, 0.4) is 0 Å². The van der Waals surface area contributed by atoms with E-state index in [0.717, 1.165) is 0 Å². The van der Waals surface area contributed by atoms with E-state index in [1.54, 1.807) is 13.8 Å². The first kappa shape index (κ1) is 9.17. The van der Waals surface area contributed by atoms with Crippen LogP contribution in [0, 0.1) is 0 Å². The summed E-state index contributed by atoms with van der Waals surface area (Å²) in [5, 5.41) is 17.5. The Labute approximate surface area is 60.0 Å². The molecule has 0 aromatic carbocycles. The van der Waals surface area contributed by atoms with Crippen molar-refractivity contribution in [3.05, 3.63) is 11.6 Å². The molecule has 1 atom stereocenters. The summed E-state index contributed by atoms with van der Waals surface area (Å²) in [6.07, 6.45) is 1.02. The zero-order valence-corrected chi connectivity index (χ0v) is 6.16. The van der Waals surface area contributed by atoms with Gasteiger partial charge in [0.15, 0.2) is 0 Å². The van der Waals surface area contributed by atoms with Crippen molar-refractivity contribution in [2.24, 2.45) is 0 Å². The molecule has 0 bridgehead atoms. The van der Waals surface area contributed by atoms with E-state index < -0.39 is 12.1 Å². The molecule has 0 aliphatic rings. The van der Waals surface area contributed by atoms with Crippen molar-refractivity contribution in [2.45, 2.75) is 26.4 Å². The maximum Gasteiger partial charge on any atom is 0.333 e. The Morgan fingerprint density at radius 2 is 2.20 bits per heavy atom. The third-order valence-electron chi connectivity index (χ3n) is 1.30. The lowest BCUT2D eigenvalue weighted by Gasteiger charge is -2.06. The summed E-state index contributed by atoms with van der Waals surface area (Å²) in [6, 6.07) is 0. The van der Waals surface area contributed by atoms with Crippen LogP contribution in [-0.2, 0) is 4.79 Å². The Hall–Kier alpha value is -0.830. The Kier molecular flexibility index (Phi) is 3.72. The summed E-state index contributed by atoms with van der Waals surface area (Å²) in [4.78, 5) is 10.3. The Morgan fingerprint density at radius 3 is 2.30 bits per heavy atom. The molecule has 58 valence electrons. The minimum absolute atomic E-state index is 0.0718. The molecule has 0 amide bonds. The molecular weight excluding hydrogens is 132 g/mol. The van der Waals surface area contributed by atoms with Crippen LogP contribution in [0.5, 0.6) is 0 Å². The van der Waals surface area contributed by atoms with Gasteiger partial charge in [-0.05, 0) is 13.3 Å². The molecule has 0 radical (unpaired) electrons. The van der Waals surface area contributed by atoms with Gasteiger partial charge >= 0.3 is 5.97 Å². The van der Waals surface area contributed by atoms with E-state index in [1.807, 2.05) is 0 Å². The van der Waals surface area contributed by atoms with Crippen molar-refractivity contribution in [2.75, 3.05) is 0 Å². The lowest BCUT2D eigenvalue weighted by molar-refractivity contribution is -0.133. The van der Waals surface area contributed by atoms with Crippen molar-refractivity contribution in [1.29, 1.82) is 0 Å². The number of carboxylic acids is 1. The van der Waals surface area contributed by atoms with Gasteiger partial charge in [0, 0.05) is 0 Å². The number of aliphatic hydroxyl groups excluding tert-OH is 1. The second-order valence-corrected chi connectivity index (χ2v) is 1.97. The van der Waals surface area contributed by atoms with Crippen molar-refractivity contribution >= 4 is 5.97 Å². The minimum atomic E-state index is -1.04. The Balaban J connectivity index is 4.23. The average molecular weight is 144 g/mol. The maximum absolute atomic E-state index is 10.3. The molecule has 2 N–H and O–H groups in total. The number of aliphatic hydroxyl groups is 1. The third kappa shape index (κ3) is 2.19. The van der Waals surface area contributed by atoms with Crippen LogP contribution in [0.2, 0.25) is 0 Å². The van der Waals surface area contributed by atoms with Gasteiger partial charge in [0.1, 0.15) is 0 Å². The first-order chi connectivity index (χ1) is 4.63. The zero-order chi connectivity index (χ0) is 8.15. The van der Waals surface area contributed by atoms with Gasteiger partial charge in [-0.3, -0.25) is 0 Å². The monoisotopic (exact) mass is 144 g/mol. The predicted molar refractivity (Wildman–Crippen MR) is 37.7 cm³/mol. The normalized spacial score (nSPS) is 14.9. The highest BCUT2D eigenvalue weighted by Crippen LogP contribution is 2.05. The number of carboxylic acid groups (broad SMARTS) is 1. The van der Waals surface area contributed by atoms with E-state index in [1.165, 1.54) is 6.08 Å². The molecule has 10 heavy (non-hydrogen) atoms. The molecule has 0 saturated carbocycles. The fourth-order valence-electron chi connectivity index (χ4n) is 0.678. The van der Waals surface area contributed by atoms with Gasteiger partial charge in [0.2, 0.25) is 0 Å². The first-order valence-electron chi connectivity index (χ1n) is 3.21. The lowest BCUT2D eigenvalue weighted by Crippen LogP contribution is -2.16. The first-order valence-corrected chi connectivity index (χ1v) is 3.21. The zero-order valence-electron chi connectivity index (χ0n) is 6.16. The van der Waals surface area contributed by atoms with Crippen molar-refractivity contribution in [3.63, 3.8) is 0 Å². The van der Waals surface area contributed by atoms with Gasteiger partial charge in [-0.2, -0.15) is 0 Å². The van der Waals surface area contributed by atoms with E-state index in [9.17, 15) is 4.79 Å². The summed E-state index contributed by atoms with van der Waals surface area (Å²) in [5.74, 6) is -1.04. The molecule has 0 aliphatic heterocycles. The van der Waals surface area contributed by atoms with Crippen LogP contribution in [0.25, 0.3) is 0 Å². The van der Waals surface area contributed by atoms with Gasteiger partial charge in [-0.1, -0.05) is 13.0 Å². The van der Waals surface area contributed by atoms with Crippen molar-refractivity contribution in [1.82, 2.24) is 0 Å². The van der Waals surface area contributed by atoms with Crippen LogP contribution in [0.1, 0.15) is 20.3 Å². The van der Waals surface area contributed by atoms with Crippen molar-refractivity contribution in [3.8, 4) is 0 Å². The number of hydrogen-bond acceptors (Lipinski definition) is 2. The molecule has 0 saturated heterocycles. The van der Waals surface area contributed by atoms with E-state index in [-0.39, 0.29) is 5.57 Å². The molecule has 0 aromatic heterocycles. The van der Waals surface area contributed by atoms with E-state index in [0.29, 0.717) is 6.42 Å². The number of carbonyl (C=O) groups is 1. The highest BCUT2D eigenvalue weighted by molar-refractivity contribution is 5.87. The van der Waals surface area contributed by atoms with E-state index in [4.69, 9.17) is 10.2 Å². The molecule has 0 heterocycles. The van der Waals surface area contributed by atoms with Gasteiger partial charge in [0.25, 0.3) is 0 Å². The van der Waals surface area contributed by atoms with E-state index >= 15 is 0 Å². The smallest absolute Gasteiger partial charge is 0.333 e. The molecule has 0 aromatic rings. The molecular formula is C7H12O3. The summed E-state index contributed by atoms with van der Waals surface area (Å²) < 4.78 is 0. The number of rotatable bonds is 3. The highest BCUT2D eigenvalue weighted by atomic mass is 16.4. The van der Waals surface area contributed by atoms with Crippen molar-refractivity contribution < 1.29 is 15.0 Å². The summed E-state index contributed by atoms with van der Waals surface area (Å²) in [6.45, 7) is 3.33. The quantitative estimate of drug-likeness (QED) is 0.576. The third-order valence-corrected chi connectivity index (χ3v) is 1.30. The molecule has 0 rings (SSSR count). The molecule has 1 unspecified atom stereocenters. The fourth-order valence-corrected chi connectivity index (χ4v) is 0.678. The minimum Gasteiger partial charge on any atom is -0.478 e. The fraction of sp³-hybridized carbons (Fsp3) is 0.571. The number of hydrogen-bond donors (Lipinski definition) is 2. The molecule has 0 aliphatic carbocycles. The van der Waals surface area contributed by atoms with Crippen LogP contribution >= 0.6 is 0 Å². The number of aliphatic carboxylic acids is 1. The molecule has 0 fully saturated rings. The topological polar surface area (TPSA) is 57.5 Å². The van der Waals surface area contributed by atoms with Gasteiger partial charge in [-0.15, -0.1) is 0 Å². The van der Waals surface area contributed by atoms with Crippen LogP contribution in [0.15, 0.2) is 11.6 Å². The molecule has 0 spiro atoms. The average Bonchev–Trinajstić information content (AvgIpc) is 1.88. The van der Waals surface area contributed by atoms with Gasteiger partial charge in [0.05, 0.1) is 11.7 Å². The largest absolute Gasteiger partial charge is 0.478 e. The summed E-state index contributed by atoms with van der Waals surface area (Å²) in [7, 11) is 0. The Morgan fingerprint density at radius 1 is 1.70 bits per heavy atom. The van der Waals surface area contributed by atoms with Gasteiger partial charge in [-0.25, -0.2) is 4.79 Å². The van der Waals surface area contributed by atoms with E-state index in [2.05, 4.69) is 0 Å². The van der Waals surface area contributed by atoms with Crippen LogP contribution < -0.4 is 0 Å². The van der Waals surface area contributed by atoms with Gasteiger partial charge < -0.3 is 10.2 Å². The maximum atomic E-state index is 10.3. The standard InChI is InChI=1S/C7H12O3/c1-3-5(7(9)10)6(8)4-2/h3,6,8H,4H2,1-2H3,(H,9,10). The predicted octanol–water partition coefficient (Wildman–Crippen LogP) is 0.788. The SMILES string of the molecule is CC=C(C(=O)O)C(O)CC. The van der Waals surface area contributed by atoms with Crippen LogP contribution in [-0.4, -0.2) is 22.3 Å². The summed E-state index contributed by atoms with van der Waals surface area (Å²) >= 11 is 0. The van der Waals surface area contributed by atoms with Crippen LogP contribution in [0.4, 0.5) is 0 Å². The lowest BCUT2D eigenvalue weighted by atomic mass is 10.1. The molecule has 3 heteroatoms.